The average molecular weight is 432 g/mol. The molecule has 2 aliphatic heterocycles. The quantitative estimate of drug-likeness (QED) is 0.370. The smallest absolute Gasteiger partial charge is 0.325 e. The Morgan fingerprint density at radius 3 is 2.45 bits per heavy atom. The topological polar surface area (TPSA) is 103 Å². The van der Waals surface area contributed by atoms with Crippen molar-refractivity contribution in [3.8, 4) is 5.75 Å². The second-order valence-corrected chi connectivity index (χ2v) is 7.77. The minimum Gasteiger partial charge on any atom is -0.497 e. The van der Waals surface area contributed by atoms with Crippen LogP contribution in [0.1, 0.15) is 13.3 Å². The second-order valence-electron chi connectivity index (χ2n) is 7.77. The van der Waals surface area contributed by atoms with Gasteiger partial charge in [0.1, 0.15) is 11.3 Å². The van der Waals surface area contributed by atoms with Crippen molar-refractivity contribution >= 4 is 23.5 Å². The largest absolute Gasteiger partial charge is 0.497 e. The van der Waals surface area contributed by atoms with Gasteiger partial charge in [-0.05, 0) is 37.6 Å². The van der Waals surface area contributed by atoms with E-state index in [0.29, 0.717) is 11.4 Å². The van der Waals surface area contributed by atoms with Crippen molar-refractivity contribution < 1.29 is 33.3 Å². The van der Waals surface area contributed by atoms with E-state index < -0.39 is 41.6 Å². The number of ether oxygens (including phenoxy) is 4. The summed E-state index contributed by atoms with van der Waals surface area (Å²) in [5, 5.41) is 3.23. The zero-order valence-electron chi connectivity index (χ0n) is 18.1. The van der Waals surface area contributed by atoms with Crippen molar-refractivity contribution in [2.75, 3.05) is 32.8 Å². The lowest BCUT2D eigenvalue weighted by Crippen LogP contribution is -2.73. The molecule has 0 radical (unpaired) electrons. The third-order valence-corrected chi connectivity index (χ3v) is 5.89. The number of methoxy groups -OCH3 is 3. The van der Waals surface area contributed by atoms with Crippen molar-refractivity contribution in [2.24, 2.45) is 5.92 Å². The van der Waals surface area contributed by atoms with E-state index in [1.54, 1.807) is 49.3 Å². The Bertz CT molecular complexity index is 856. The predicted octanol–water partition coefficient (Wildman–Crippen LogP) is 1.06. The number of β-lactam (4-membered cyclic amide) rings is 1. The van der Waals surface area contributed by atoms with E-state index in [1.807, 2.05) is 0 Å². The molecule has 0 spiro atoms. The molecule has 9 nitrogen and oxygen atoms in total. The molecule has 0 saturated carbocycles. The van der Waals surface area contributed by atoms with Crippen LogP contribution in [-0.4, -0.2) is 69.5 Å². The standard InChI is InChI=1S/C22H28N2O7/c1-6-11-31-18-17(24(19(18)25)13-7-9-14(28-3)10-8-13)16-15(20(26)29-4)12-22(2,23-16)21(27)30-5/h6-10,15-18,23H,1,11-12H2,2-5H3/t15-,16+,17-,18+,22-/m0/s1. The summed E-state index contributed by atoms with van der Waals surface area (Å²) in [6.45, 7) is 5.48. The monoisotopic (exact) mass is 432 g/mol. The summed E-state index contributed by atoms with van der Waals surface area (Å²) in [4.78, 5) is 39.6. The van der Waals surface area contributed by atoms with Crippen LogP contribution in [0, 0.1) is 5.92 Å². The summed E-state index contributed by atoms with van der Waals surface area (Å²) in [6.07, 6.45) is 0.926. The highest BCUT2D eigenvalue weighted by atomic mass is 16.5. The number of carbonyl (C=O) groups is 3. The number of anilines is 1. The van der Waals surface area contributed by atoms with E-state index in [9.17, 15) is 14.4 Å². The molecular formula is C22H28N2O7. The lowest BCUT2D eigenvalue weighted by molar-refractivity contribution is -0.150. The maximum absolute atomic E-state index is 13.0. The summed E-state index contributed by atoms with van der Waals surface area (Å²) < 4.78 is 20.9. The van der Waals surface area contributed by atoms with Crippen LogP contribution in [-0.2, 0) is 28.6 Å². The molecule has 1 N–H and O–H groups in total. The minimum absolute atomic E-state index is 0.173. The number of esters is 2. The Morgan fingerprint density at radius 2 is 1.90 bits per heavy atom. The van der Waals surface area contributed by atoms with Crippen LogP contribution in [0.15, 0.2) is 36.9 Å². The van der Waals surface area contributed by atoms with Crippen LogP contribution in [0.25, 0.3) is 0 Å². The Hall–Kier alpha value is -2.91. The lowest BCUT2D eigenvalue weighted by Gasteiger charge is -2.50. The van der Waals surface area contributed by atoms with Crippen molar-refractivity contribution in [2.45, 2.75) is 37.1 Å². The van der Waals surface area contributed by atoms with Gasteiger partial charge in [0.25, 0.3) is 5.91 Å². The van der Waals surface area contributed by atoms with Crippen molar-refractivity contribution in [1.82, 2.24) is 5.32 Å². The first kappa shape index (κ1) is 22.8. The molecule has 2 aliphatic rings. The highest BCUT2D eigenvalue weighted by Gasteiger charge is 2.61. The first-order chi connectivity index (χ1) is 14.8. The van der Waals surface area contributed by atoms with E-state index in [4.69, 9.17) is 18.9 Å². The molecule has 2 heterocycles. The summed E-state index contributed by atoms with van der Waals surface area (Å²) in [5.74, 6) is -1.23. The maximum atomic E-state index is 13.0. The molecule has 2 fully saturated rings. The highest BCUT2D eigenvalue weighted by molar-refractivity contribution is 6.05. The van der Waals surface area contributed by atoms with E-state index >= 15 is 0 Å². The fraction of sp³-hybridized carbons (Fsp3) is 0.500. The summed E-state index contributed by atoms with van der Waals surface area (Å²) >= 11 is 0. The number of hydrogen-bond donors (Lipinski definition) is 1. The van der Waals surface area contributed by atoms with Crippen LogP contribution in [0.3, 0.4) is 0 Å². The molecule has 2 saturated heterocycles. The van der Waals surface area contributed by atoms with E-state index in [-0.39, 0.29) is 18.9 Å². The summed E-state index contributed by atoms with van der Waals surface area (Å²) in [5.41, 5.74) is -0.475. The molecule has 0 aromatic heterocycles. The molecule has 168 valence electrons. The Labute approximate surface area is 181 Å². The van der Waals surface area contributed by atoms with Gasteiger partial charge >= 0.3 is 11.9 Å². The lowest BCUT2D eigenvalue weighted by atomic mass is 9.82. The van der Waals surface area contributed by atoms with Gasteiger partial charge in [0.15, 0.2) is 6.10 Å². The molecule has 3 rings (SSSR count). The van der Waals surface area contributed by atoms with Gasteiger partial charge in [0, 0.05) is 11.7 Å². The maximum Gasteiger partial charge on any atom is 0.325 e. The zero-order valence-corrected chi connectivity index (χ0v) is 18.1. The van der Waals surface area contributed by atoms with Gasteiger partial charge in [0.2, 0.25) is 0 Å². The van der Waals surface area contributed by atoms with E-state index in [1.165, 1.54) is 14.2 Å². The van der Waals surface area contributed by atoms with E-state index in [2.05, 4.69) is 11.9 Å². The second kappa shape index (κ2) is 9.07. The SMILES string of the molecule is C=CCO[C@H]1C(=O)N(c2ccc(OC)cc2)[C@H]1[C@@H]1N[C@](C)(C(=O)OC)C[C@@H]1C(=O)OC. The molecular weight excluding hydrogens is 404 g/mol. The normalized spacial score (nSPS) is 29.8. The highest BCUT2D eigenvalue weighted by Crippen LogP contribution is 2.41. The summed E-state index contributed by atoms with van der Waals surface area (Å²) in [6, 6.07) is 5.87. The molecule has 0 bridgehead atoms. The van der Waals surface area contributed by atoms with Crippen molar-refractivity contribution in [3.05, 3.63) is 36.9 Å². The van der Waals surface area contributed by atoms with Crippen LogP contribution in [0.2, 0.25) is 0 Å². The van der Waals surface area contributed by atoms with Gasteiger partial charge in [-0.25, -0.2) is 0 Å². The van der Waals surface area contributed by atoms with E-state index in [0.717, 1.165) is 0 Å². The fourth-order valence-electron chi connectivity index (χ4n) is 4.38. The fourth-order valence-corrected chi connectivity index (χ4v) is 4.38. The number of carbonyl (C=O) groups excluding carboxylic acids is 3. The van der Waals surface area contributed by atoms with Gasteiger partial charge in [-0.15, -0.1) is 6.58 Å². The van der Waals surface area contributed by atoms with Crippen LogP contribution in [0.5, 0.6) is 5.75 Å². The molecule has 31 heavy (non-hydrogen) atoms. The first-order valence-electron chi connectivity index (χ1n) is 9.94. The number of rotatable bonds is 8. The van der Waals surface area contributed by atoms with Gasteiger partial charge in [-0.2, -0.15) is 0 Å². The average Bonchev–Trinajstić information content (AvgIpc) is 3.14. The number of hydrogen-bond acceptors (Lipinski definition) is 8. The van der Waals surface area contributed by atoms with Crippen LogP contribution in [0.4, 0.5) is 5.69 Å². The Kier molecular flexibility index (Phi) is 6.66. The van der Waals surface area contributed by atoms with Gasteiger partial charge in [-0.1, -0.05) is 6.08 Å². The predicted molar refractivity (Wildman–Crippen MR) is 112 cm³/mol. The Morgan fingerprint density at radius 1 is 1.23 bits per heavy atom. The van der Waals surface area contributed by atoms with Crippen LogP contribution < -0.4 is 15.0 Å². The number of benzene rings is 1. The third-order valence-electron chi connectivity index (χ3n) is 5.89. The number of nitrogens with zero attached hydrogens (tertiary/aromatic N) is 1. The molecule has 1 aromatic carbocycles. The number of nitrogens with one attached hydrogen (secondary N) is 1. The van der Waals surface area contributed by atoms with Gasteiger partial charge < -0.3 is 23.8 Å². The van der Waals surface area contributed by atoms with Gasteiger partial charge in [-0.3, -0.25) is 19.7 Å². The molecule has 0 aliphatic carbocycles. The number of amides is 1. The van der Waals surface area contributed by atoms with Crippen molar-refractivity contribution in [3.63, 3.8) is 0 Å². The Balaban J connectivity index is 1.98. The molecule has 1 amide bonds. The zero-order chi connectivity index (χ0) is 22.8. The molecule has 5 atom stereocenters. The molecule has 9 heteroatoms. The third kappa shape index (κ3) is 4.03. The summed E-state index contributed by atoms with van der Waals surface area (Å²) in [7, 11) is 4.15. The first-order valence-corrected chi connectivity index (χ1v) is 9.94. The van der Waals surface area contributed by atoms with Gasteiger partial charge in [0.05, 0.1) is 39.9 Å². The minimum atomic E-state index is -1.11. The van der Waals surface area contributed by atoms with Crippen LogP contribution >= 0.6 is 0 Å². The molecule has 1 aromatic rings. The molecule has 0 unspecified atom stereocenters. The van der Waals surface area contributed by atoms with Crippen molar-refractivity contribution in [1.29, 1.82) is 0 Å².